The molecule has 4 nitrogen and oxygen atoms in total. The smallest absolute Gasteiger partial charge is 0.237 e. The van der Waals surface area contributed by atoms with Crippen molar-refractivity contribution in [2.45, 2.75) is 19.4 Å². The van der Waals surface area contributed by atoms with Gasteiger partial charge in [0.25, 0.3) is 0 Å². The van der Waals surface area contributed by atoms with Crippen molar-refractivity contribution in [3.05, 3.63) is 65.7 Å². The van der Waals surface area contributed by atoms with E-state index in [-0.39, 0.29) is 5.91 Å². The molecule has 4 heteroatoms. The summed E-state index contributed by atoms with van der Waals surface area (Å²) in [5.74, 6) is 0.683. The number of aryl methyl sites for hydroxylation is 1. The van der Waals surface area contributed by atoms with Crippen LogP contribution < -0.4 is 15.8 Å². The molecule has 0 aliphatic heterocycles. The molecule has 3 N–H and O–H groups in total. The van der Waals surface area contributed by atoms with E-state index >= 15 is 0 Å². The minimum atomic E-state index is -0.541. The van der Waals surface area contributed by atoms with Gasteiger partial charge in [-0.3, -0.25) is 4.79 Å². The third-order valence-electron chi connectivity index (χ3n) is 3.39. The lowest BCUT2D eigenvalue weighted by Gasteiger charge is -2.13. The van der Waals surface area contributed by atoms with Gasteiger partial charge in [0.2, 0.25) is 5.91 Å². The van der Waals surface area contributed by atoms with Gasteiger partial charge >= 0.3 is 0 Å². The van der Waals surface area contributed by atoms with E-state index in [1.807, 2.05) is 61.5 Å². The van der Waals surface area contributed by atoms with Gasteiger partial charge in [-0.2, -0.15) is 0 Å². The van der Waals surface area contributed by atoms with Crippen LogP contribution in [0.4, 0.5) is 0 Å². The van der Waals surface area contributed by atoms with Gasteiger partial charge in [-0.05, 0) is 30.5 Å². The first-order chi connectivity index (χ1) is 10.7. The number of benzene rings is 2. The summed E-state index contributed by atoms with van der Waals surface area (Å²) in [7, 11) is 0. The van der Waals surface area contributed by atoms with Gasteiger partial charge in [-0.15, -0.1) is 0 Å². The Morgan fingerprint density at radius 1 is 1.14 bits per heavy atom. The molecule has 22 heavy (non-hydrogen) atoms. The van der Waals surface area contributed by atoms with Gasteiger partial charge in [0, 0.05) is 0 Å². The van der Waals surface area contributed by atoms with Crippen molar-refractivity contribution >= 4 is 5.91 Å². The molecule has 0 heterocycles. The highest BCUT2D eigenvalue weighted by Gasteiger charge is 2.13. The zero-order valence-electron chi connectivity index (χ0n) is 12.8. The number of amides is 1. The van der Waals surface area contributed by atoms with Gasteiger partial charge in [-0.1, -0.05) is 48.5 Å². The monoisotopic (exact) mass is 298 g/mol. The highest BCUT2D eigenvalue weighted by Crippen LogP contribution is 2.15. The first-order valence-electron chi connectivity index (χ1n) is 7.42. The standard InChI is InChI=1S/C18H22N2O2/c1-14-7-5-6-10-17(14)22-12-11-20-18(21)16(19)13-15-8-3-2-4-9-15/h2-10,16H,11-13,19H2,1H3,(H,20,21)/t16-/m0/s1. The van der Waals surface area contributed by atoms with Crippen LogP contribution in [0.3, 0.4) is 0 Å². The summed E-state index contributed by atoms with van der Waals surface area (Å²) < 4.78 is 5.63. The molecule has 2 rings (SSSR count). The second-order valence-electron chi connectivity index (χ2n) is 5.20. The highest BCUT2D eigenvalue weighted by atomic mass is 16.5. The molecule has 2 aromatic rings. The van der Waals surface area contributed by atoms with Crippen molar-refractivity contribution in [2.24, 2.45) is 5.73 Å². The molecular weight excluding hydrogens is 276 g/mol. The Kier molecular flexibility index (Phi) is 5.98. The first-order valence-corrected chi connectivity index (χ1v) is 7.42. The maximum absolute atomic E-state index is 11.9. The second kappa shape index (κ2) is 8.20. The van der Waals surface area contributed by atoms with Crippen molar-refractivity contribution in [2.75, 3.05) is 13.2 Å². The zero-order chi connectivity index (χ0) is 15.8. The van der Waals surface area contributed by atoms with Gasteiger partial charge in [0.05, 0.1) is 12.6 Å². The minimum absolute atomic E-state index is 0.155. The molecule has 0 fully saturated rings. The summed E-state index contributed by atoms with van der Waals surface area (Å²) in [6.07, 6.45) is 0.533. The number of carbonyl (C=O) groups excluding carboxylic acids is 1. The fourth-order valence-electron chi connectivity index (χ4n) is 2.15. The topological polar surface area (TPSA) is 64.3 Å². The van der Waals surface area contributed by atoms with Crippen LogP contribution in [0.15, 0.2) is 54.6 Å². The molecule has 0 saturated carbocycles. The molecule has 2 aromatic carbocycles. The zero-order valence-corrected chi connectivity index (χ0v) is 12.8. The summed E-state index contributed by atoms with van der Waals surface area (Å²) in [6, 6.07) is 17.0. The number of carbonyl (C=O) groups is 1. The normalized spacial score (nSPS) is 11.7. The molecule has 1 amide bonds. The maximum Gasteiger partial charge on any atom is 0.237 e. The van der Waals surface area contributed by atoms with Crippen molar-refractivity contribution in [1.82, 2.24) is 5.32 Å². The van der Waals surface area contributed by atoms with Crippen molar-refractivity contribution in [3.63, 3.8) is 0 Å². The Balaban J connectivity index is 1.70. The molecule has 0 aliphatic carbocycles. The molecule has 0 saturated heterocycles. The molecule has 0 radical (unpaired) electrons. The lowest BCUT2D eigenvalue weighted by molar-refractivity contribution is -0.122. The average molecular weight is 298 g/mol. The fourth-order valence-corrected chi connectivity index (χ4v) is 2.15. The number of hydrogen-bond donors (Lipinski definition) is 2. The third-order valence-corrected chi connectivity index (χ3v) is 3.39. The van der Waals surface area contributed by atoms with Crippen LogP contribution >= 0.6 is 0 Å². The first kappa shape index (κ1) is 16.0. The highest BCUT2D eigenvalue weighted by molar-refractivity contribution is 5.81. The summed E-state index contributed by atoms with van der Waals surface area (Å²) in [5.41, 5.74) is 8.05. The molecule has 0 aromatic heterocycles. The van der Waals surface area contributed by atoms with Gasteiger partial charge in [-0.25, -0.2) is 0 Å². The summed E-state index contributed by atoms with van der Waals surface area (Å²) in [6.45, 7) is 2.86. The van der Waals surface area contributed by atoms with E-state index in [1.54, 1.807) is 0 Å². The molecule has 1 atom stereocenters. The van der Waals surface area contributed by atoms with Crippen LogP contribution in [0.1, 0.15) is 11.1 Å². The van der Waals surface area contributed by atoms with E-state index in [1.165, 1.54) is 0 Å². The van der Waals surface area contributed by atoms with Crippen LogP contribution in [-0.4, -0.2) is 25.1 Å². The number of nitrogens with two attached hydrogens (primary N) is 1. The van der Waals surface area contributed by atoms with E-state index < -0.39 is 6.04 Å². The van der Waals surface area contributed by atoms with Crippen LogP contribution in [0, 0.1) is 6.92 Å². The second-order valence-corrected chi connectivity index (χ2v) is 5.20. The Labute approximate surface area is 131 Å². The average Bonchev–Trinajstić information content (AvgIpc) is 2.53. The van der Waals surface area contributed by atoms with Crippen LogP contribution in [0.25, 0.3) is 0 Å². The summed E-state index contributed by atoms with van der Waals surface area (Å²) >= 11 is 0. The quantitative estimate of drug-likeness (QED) is 0.769. The lowest BCUT2D eigenvalue weighted by atomic mass is 10.1. The van der Waals surface area contributed by atoms with Crippen molar-refractivity contribution < 1.29 is 9.53 Å². The molecule has 116 valence electrons. The molecule has 0 spiro atoms. The van der Waals surface area contributed by atoms with Gasteiger partial charge < -0.3 is 15.8 Å². The molecule has 0 bridgehead atoms. The lowest BCUT2D eigenvalue weighted by Crippen LogP contribution is -2.43. The predicted octanol–water partition coefficient (Wildman–Crippen LogP) is 2.06. The predicted molar refractivity (Wildman–Crippen MR) is 87.8 cm³/mol. The number of nitrogens with one attached hydrogen (secondary N) is 1. The van der Waals surface area contributed by atoms with Crippen LogP contribution in [0.2, 0.25) is 0 Å². The Morgan fingerprint density at radius 2 is 1.82 bits per heavy atom. The van der Waals surface area contributed by atoms with Crippen LogP contribution in [-0.2, 0) is 11.2 Å². The fraction of sp³-hybridized carbons (Fsp3) is 0.278. The third kappa shape index (κ3) is 4.90. The number of hydrogen-bond acceptors (Lipinski definition) is 3. The molecule has 0 aliphatic rings. The minimum Gasteiger partial charge on any atom is -0.491 e. The summed E-state index contributed by atoms with van der Waals surface area (Å²) in [4.78, 5) is 11.9. The number of rotatable bonds is 7. The van der Waals surface area contributed by atoms with E-state index in [9.17, 15) is 4.79 Å². The molecular formula is C18H22N2O2. The number of ether oxygens (including phenoxy) is 1. The maximum atomic E-state index is 11.9. The Hall–Kier alpha value is -2.33. The van der Waals surface area contributed by atoms with E-state index in [2.05, 4.69) is 5.32 Å². The Bertz CT molecular complexity index is 599. The van der Waals surface area contributed by atoms with Gasteiger partial charge in [0.15, 0.2) is 0 Å². The molecule has 0 unspecified atom stereocenters. The van der Waals surface area contributed by atoms with Crippen LogP contribution in [0.5, 0.6) is 5.75 Å². The van der Waals surface area contributed by atoms with Crippen molar-refractivity contribution in [3.8, 4) is 5.75 Å². The Morgan fingerprint density at radius 3 is 2.55 bits per heavy atom. The van der Waals surface area contributed by atoms with Gasteiger partial charge in [0.1, 0.15) is 12.4 Å². The van der Waals surface area contributed by atoms with E-state index in [0.717, 1.165) is 16.9 Å². The SMILES string of the molecule is Cc1ccccc1OCCNC(=O)[C@@H](N)Cc1ccccc1. The summed E-state index contributed by atoms with van der Waals surface area (Å²) in [5, 5.41) is 2.80. The van der Waals surface area contributed by atoms with E-state index in [0.29, 0.717) is 19.6 Å². The number of para-hydroxylation sites is 1. The largest absolute Gasteiger partial charge is 0.491 e. The van der Waals surface area contributed by atoms with Crippen molar-refractivity contribution in [1.29, 1.82) is 0 Å². The van der Waals surface area contributed by atoms with E-state index in [4.69, 9.17) is 10.5 Å².